The van der Waals surface area contributed by atoms with Crippen LogP contribution in [0.3, 0.4) is 0 Å². The zero-order chi connectivity index (χ0) is 18.8. The van der Waals surface area contributed by atoms with Crippen molar-refractivity contribution in [2.75, 3.05) is 13.7 Å². The molecule has 2 aromatic carbocycles. The van der Waals surface area contributed by atoms with E-state index in [2.05, 4.69) is 4.98 Å². The van der Waals surface area contributed by atoms with Crippen LogP contribution in [0, 0.1) is 12.7 Å². The third-order valence-corrected chi connectivity index (χ3v) is 4.39. The van der Waals surface area contributed by atoms with E-state index in [-0.39, 0.29) is 28.7 Å². The van der Waals surface area contributed by atoms with Crippen molar-refractivity contribution in [3.63, 3.8) is 0 Å². The molecule has 3 aromatic rings. The van der Waals surface area contributed by atoms with Crippen molar-refractivity contribution in [1.29, 1.82) is 0 Å². The van der Waals surface area contributed by atoms with Crippen LogP contribution in [0.4, 0.5) is 4.39 Å². The van der Waals surface area contributed by atoms with Crippen molar-refractivity contribution in [3.8, 4) is 11.5 Å². The van der Waals surface area contributed by atoms with Crippen LogP contribution in [0.5, 0.6) is 11.5 Å². The molecule has 0 radical (unpaired) electrons. The number of methoxy groups -OCH3 is 1. The summed E-state index contributed by atoms with van der Waals surface area (Å²) in [5.74, 6) is -0.699. The third kappa shape index (κ3) is 3.59. The van der Waals surface area contributed by atoms with E-state index in [9.17, 15) is 9.18 Å². The van der Waals surface area contributed by atoms with Gasteiger partial charge in [-0.2, -0.15) is 0 Å². The molecule has 26 heavy (non-hydrogen) atoms. The van der Waals surface area contributed by atoms with E-state index >= 15 is 0 Å². The predicted molar refractivity (Wildman–Crippen MR) is 99.3 cm³/mol. The van der Waals surface area contributed by atoms with Gasteiger partial charge in [0.2, 0.25) is 0 Å². The van der Waals surface area contributed by atoms with Gasteiger partial charge in [-0.3, -0.25) is 4.79 Å². The van der Waals surface area contributed by atoms with E-state index < -0.39 is 11.6 Å². The Balaban J connectivity index is 1.89. The number of carbonyl (C=O) groups excluding carboxylic acids is 1. The maximum atomic E-state index is 13.8. The van der Waals surface area contributed by atoms with Crippen LogP contribution in [0.15, 0.2) is 36.4 Å². The number of hydrogen-bond acceptors (Lipinski definition) is 4. The molecule has 1 heterocycles. The summed E-state index contributed by atoms with van der Waals surface area (Å²) in [5.41, 5.74) is 1.39. The van der Waals surface area contributed by atoms with Gasteiger partial charge in [0.25, 0.3) is 0 Å². The fraction of sp³-hybridized carbons (Fsp3) is 0.158. The van der Waals surface area contributed by atoms with Crippen LogP contribution >= 0.6 is 23.2 Å². The molecule has 134 valence electrons. The van der Waals surface area contributed by atoms with E-state index in [1.807, 2.05) is 19.1 Å². The minimum Gasteiger partial charge on any atom is -0.494 e. The van der Waals surface area contributed by atoms with Crippen LogP contribution < -0.4 is 9.47 Å². The molecule has 0 bridgehead atoms. The zero-order valence-electron chi connectivity index (χ0n) is 14.0. The Kier molecular flexibility index (Phi) is 5.30. The Bertz CT molecular complexity index is 1010. The zero-order valence-corrected chi connectivity index (χ0v) is 15.5. The summed E-state index contributed by atoms with van der Waals surface area (Å²) in [4.78, 5) is 16.7. The molecule has 0 spiro atoms. The molecule has 3 rings (SSSR count). The van der Waals surface area contributed by atoms with Gasteiger partial charge in [0.15, 0.2) is 29.7 Å². The minimum absolute atomic E-state index is 0.0638. The highest BCUT2D eigenvalue weighted by Gasteiger charge is 2.16. The number of nitrogens with zero attached hydrogens (tertiary/aromatic N) is 1. The SMILES string of the molecule is COc1ccc(C(=O)COc2c(Cl)cc(Cl)c3ccc(C)nc23)cc1F. The van der Waals surface area contributed by atoms with Crippen molar-refractivity contribution in [2.24, 2.45) is 0 Å². The van der Waals surface area contributed by atoms with Crippen molar-refractivity contribution in [1.82, 2.24) is 4.98 Å². The predicted octanol–water partition coefficient (Wildman–Crippen LogP) is 5.26. The van der Waals surface area contributed by atoms with E-state index in [0.29, 0.717) is 15.9 Å². The lowest BCUT2D eigenvalue weighted by Gasteiger charge is -2.12. The number of hydrogen-bond donors (Lipinski definition) is 0. The number of benzene rings is 2. The topological polar surface area (TPSA) is 48.4 Å². The molecular weight excluding hydrogens is 380 g/mol. The number of ether oxygens (including phenoxy) is 2. The van der Waals surface area contributed by atoms with E-state index in [1.54, 1.807) is 0 Å². The summed E-state index contributed by atoms with van der Waals surface area (Å²) in [7, 11) is 1.35. The van der Waals surface area contributed by atoms with E-state index in [4.69, 9.17) is 32.7 Å². The smallest absolute Gasteiger partial charge is 0.200 e. The second kappa shape index (κ2) is 7.48. The molecule has 0 saturated heterocycles. The van der Waals surface area contributed by atoms with Gasteiger partial charge in [0.1, 0.15) is 5.52 Å². The van der Waals surface area contributed by atoms with Gasteiger partial charge in [-0.05, 0) is 43.3 Å². The standard InChI is InChI=1S/C19H14Cl2FNO3/c1-10-3-5-12-13(20)8-14(21)19(18(12)23-10)26-9-16(24)11-4-6-17(25-2)15(22)7-11/h3-8H,9H2,1-2H3. The van der Waals surface area contributed by atoms with Crippen LogP contribution in [0.2, 0.25) is 10.0 Å². The van der Waals surface area contributed by atoms with Gasteiger partial charge in [-0.25, -0.2) is 9.37 Å². The second-order valence-corrected chi connectivity index (χ2v) is 6.39. The molecule has 0 fully saturated rings. The highest BCUT2D eigenvalue weighted by atomic mass is 35.5. The van der Waals surface area contributed by atoms with Gasteiger partial charge in [-0.1, -0.05) is 23.2 Å². The number of pyridine rings is 1. The summed E-state index contributed by atoms with van der Waals surface area (Å²) in [5, 5.41) is 1.35. The molecule has 0 aliphatic rings. The van der Waals surface area contributed by atoms with Gasteiger partial charge < -0.3 is 9.47 Å². The molecule has 7 heteroatoms. The number of carbonyl (C=O) groups is 1. The molecule has 0 atom stereocenters. The largest absolute Gasteiger partial charge is 0.494 e. The van der Waals surface area contributed by atoms with Gasteiger partial charge >= 0.3 is 0 Å². The second-order valence-electron chi connectivity index (χ2n) is 5.58. The number of ketones is 1. The molecule has 0 aliphatic heterocycles. The lowest BCUT2D eigenvalue weighted by atomic mass is 10.1. The molecule has 1 aromatic heterocycles. The monoisotopic (exact) mass is 393 g/mol. The van der Waals surface area contributed by atoms with Crippen molar-refractivity contribution >= 4 is 39.9 Å². The number of fused-ring (bicyclic) bond motifs is 1. The summed E-state index contributed by atoms with van der Waals surface area (Å²) in [6, 6.07) is 9.13. The number of aromatic nitrogens is 1. The first kappa shape index (κ1) is 18.4. The van der Waals surface area contributed by atoms with Crippen LogP contribution in [-0.2, 0) is 0 Å². The molecule has 0 unspecified atom stereocenters. The average molecular weight is 394 g/mol. The highest BCUT2D eigenvalue weighted by molar-refractivity contribution is 6.39. The van der Waals surface area contributed by atoms with Gasteiger partial charge in [-0.15, -0.1) is 0 Å². The normalized spacial score (nSPS) is 10.8. The van der Waals surface area contributed by atoms with Crippen molar-refractivity contribution < 1.29 is 18.7 Å². The number of aryl methyl sites for hydroxylation is 1. The molecule has 0 amide bonds. The first-order chi connectivity index (χ1) is 12.4. The Morgan fingerprint density at radius 3 is 2.62 bits per heavy atom. The maximum Gasteiger partial charge on any atom is 0.200 e. The summed E-state index contributed by atoms with van der Waals surface area (Å²) < 4.78 is 24.2. The van der Waals surface area contributed by atoms with Crippen molar-refractivity contribution in [3.05, 3.63) is 63.5 Å². The first-order valence-corrected chi connectivity index (χ1v) is 8.41. The molecule has 0 aliphatic carbocycles. The van der Waals surface area contributed by atoms with E-state index in [0.717, 1.165) is 11.8 Å². The molecule has 0 N–H and O–H groups in total. The van der Waals surface area contributed by atoms with Gasteiger partial charge in [0.05, 0.1) is 17.2 Å². The quantitative estimate of drug-likeness (QED) is 0.554. The van der Waals surface area contributed by atoms with Crippen molar-refractivity contribution in [2.45, 2.75) is 6.92 Å². The number of Topliss-reactive ketones (excluding diaryl/α,β-unsaturated/α-hetero) is 1. The lowest BCUT2D eigenvalue weighted by Crippen LogP contribution is -2.12. The summed E-state index contributed by atoms with van der Waals surface area (Å²) in [6.07, 6.45) is 0. The number of halogens is 3. The Labute approximate surface area is 159 Å². The highest BCUT2D eigenvalue weighted by Crippen LogP contribution is 2.37. The van der Waals surface area contributed by atoms with E-state index in [1.165, 1.54) is 25.3 Å². The fourth-order valence-corrected chi connectivity index (χ4v) is 3.06. The van der Waals surface area contributed by atoms with Gasteiger partial charge in [0, 0.05) is 16.6 Å². The summed E-state index contributed by atoms with van der Waals surface area (Å²) >= 11 is 12.4. The molecule has 4 nitrogen and oxygen atoms in total. The molecular formula is C19H14Cl2FNO3. The summed E-state index contributed by atoms with van der Waals surface area (Å²) in [6.45, 7) is 1.50. The Morgan fingerprint density at radius 1 is 1.15 bits per heavy atom. The Morgan fingerprint density at radius 2 is 1.92 bits per heavy atom. The fourth-order valence-electron chi connectivity index (χ4n) is 2.49. The third-order valence-electron chi connectivity index (χ3n) is 3.80. The van der Waals surface area contributed by atoms with Crippen LogP contribution in [0.1, 0.15) is 16.1 Å². The number of rotatable bonds is 5. The minimum atomic E-state index is -0.620. The van der Waals surface area contributed by atoms with Crippen LogP contribution in [-0.4, -0.2) is 24.5 Å². The lowest BCUT2D eigenvalue weighted by molar-refractivity contribution is 0.0922. The maximum absolute atomic E-state index is 13.8. The average Bonchev–Trinajstić information content (AvgIpc) is 2.60. The van der Waals surface area contributed by atoms with Crippen LogP contribution in [0.25, 0.3) is 10.9 Å². The Hall–Kier alpha value is -2.37. The first-order valence-electron chi connectivity index (χ1n) is 7.65. The molecule has 0 saturated carbocycles.